The van der Waals surface area contributed by atoms with Gasteiger partial charge in [-0.05, 0) is 32.0 Å². The fourth-order valence-corrected chi connectivity index (χ4v) is 2.84. The van der Waals surface area contributed by atoms with Crippen molar-refractivity contribution in [2.45, 2.75) is 26.1 Å². The number of ether oxygens (including phenoxy) is 1. The smallest absolute Gasteiger partial charge is 0.279 e. The summed E-state index contributed by atoms with van der Waals surface area (Å²) in [6, 6.07) is 6.87. The topological polar surface area (TPSA) is 66.6 Å². The lowest BCUT2D eigenvalue weighted by Gasteiger charge is -2.31. The summed E-state index contributed by atoms with van der Waals surface area (Å²) in [7, 11) is 0. The van der Waals surface area contributed by atoms with Crippen molar-refractivity contribution in [3.63, 3.8) is 0 Å². The summed E-state index contributed by atoms with van der Waals surface area (Å²) in [5, 5.41) is 12.3. The molecule has 5 nitrogen and oxygen atoms in total. The molecule has 0 spiro atoms. The quantitative estimate of drug-likeness (QED) is 0.870. The molecule has 1 unspecified atom stereocenters. The van der Waals surface area contributed by atoms with Crippen LogP contribution in [0.3, 0.4) is 0 Å². The average Bonchev–Trinajstić information content (AvgIpc) is 2.37. The van der Waals surface area contributed by atoms with E-state index < -0.39 is 0 Å². The fourth-order valence-electron chi connectivity index (χ4n) is 2.67. The lowest BCUT2D eigenvalue weighted by atomic mass is 10.2. The molecule has 1 aromatic carbocycles. The minimum absolute atomic E-state index is 0.120. The molecule has 0 saturated carbocycles. The molecule has 0 radical (unpaired) electrons. The van der Waals surface area contributed by atoms with Gasteiger partial charge in [0.25, 0.3) is 5.91 Å². The number of morpholine rings is 1. The Labute approximate surface area is 129 Å². The number of nitriles is 1. The molecule has 0 bridgehead atoms. The van der Waals surface area contributed by atoms with Gasteiger partial charge in [-0.3, -0.25) is 4.79 Å². The number of hydrogen-bond donors (Lipinski definition) is 2. The van der Waals surface area contributed by atoms with Crippen molar-refractivity contribution in [2.75, 3.05) is 25.0 Å². The highest BCUT2D eigenvalue weighted by molar-refractivity contribution is 6.31. The number of carbonyl (C=O) groups is 1. The molecular formula is C15H19ClN3O2+. The van der Waals surface area contributed by atoms with Crippen LogP contribution in [0.1, 0.15) is 19.4 Å². The van der Waals surface area contributed by atoms with E-state index in [0.29, 0.717) is 22.8 Å². The predicted octanol–water partition coefficient (Wildman–Crippen LogP) is 0.842. The van der Waals surface area contributed by atoms with Gasteiger partial charge < -0.3 is 15.0 Å². The van der Waals surface area contributed by atoms with Crippen molar-refractivity contribution < 1.29 is 14.4 Å². The number of rotatable bonds is 3. The van der Waals surface area contributed by atoms with Crippen molar-refractivity contribution in [3.05, 3.63) is 28.8 Å². The highest BCUT2D eigenvalue weighted by Gasteiger charge is 2.27. The number of hydrogen-bond acceptors (Lipinski definition) is 3. The number of halogens is 1. The number of nitrogens with one attached hydrogen (secondary N) is 2. The van der Waals surface area contributed by atoms with Gasteiger partial charge in [0.2, 0.25) is 0 Å². The molecule has 112 valence electrons. The Balaban J connectivity index is 1.99. The monoisotopic (exact) mass is 308 g/mol. The van der Waals surface area contributed by atoms with Gasteiger partial charge in [-0.25, -0.2) is 0 Å². The molecule has 1 amide bonds. The molecule has 21 heavy (non-hydrogen) atoms. The second-order valence-electron chi connectivity index (χ2n) is 5.44. The van der Waals surface area contributed by atoms with Crippen molar-refractivity contribution in [1.29, 1.82) is 5.26 Å². The summed E-state index contributed by atoms with van der Waals surface area (Å²) in [5.41, 5.74) is 0.871. The minimum atomic E-state index is -0.120. The Hall–Kier alpha value is -1.61. The highest BCUT2D eigenvalue weighted by atomic mass is 35.5. The van der Waals surface area contributed by atoms with Crippen LogP contribution in [0.5, 0.6) is 0 Å². The maximum Gasteiger partial charge on any atom is 0.279 e. The lowest BCUT2D eigenvalue weighted by molar-refractivity contribution is -0.907. The zero-order chi connectivity index (χ0) is 15.4. The van der Waals surface area contributed by atoms with Gasteiger partial charge in [-0.2, -0.15) is 5.26 Å². The van der Waals surface area contributed by atoms with Crippen LogP contribution in [0, 0.1) is 11.3 Å². The molecule has 0 aliphatic carbocycles. The van der Waals surface area contributed by atoms with Crippen molar-refractivity contribution in [1.82, 2.24) is 0 Å². The Morgan fingerprint density at radius 3 is 2.76 bits per heavy atom. The minimum Gasteiger partial charge on any atom is -0.364 e. The number of benzene rings is 1. The van der Waals surface area contributed by atoms with Gasteiger partial charge in [-0.1, -0.05) is 11.6 Å². The highest BCUT2D eigenvalue weighted by Crippen LogP contribution is 2.20. The molecule has 3 atom stereocenters. The van der Waals surface area contributed by atoms with Crippen LogP contribution < -0.4 is 10.2 Å². The van der Waals surface area contributed by atoms with E-state index in [2.05, 4.69) is 5.32 Å². The second kappa shape index (κ2) is 6.90. The van der Waals surface area contributed by atoms with Crippen LogP contribution in [0.4, 0.5) is 5.69 Å². The number of quaternary nitrogens is 1. The molecule has 1 aromatic rings. The largest absolute Gasteiger partial charge is 0.364 e. The molecule has 1 saturated heterocycles. The van der Waals surface area contributed by atoms with E-state index in [1.807, 2.05) is 19.9 Å². The summed E-state index contributed by atoms with van der Waals surface area (Å²) in [4.78, 5) is 13.3. The number of carbonyl (C=O) groups excluding carboxylic acids is 1. The molecule has 1 heterocycles. The summed E-state index contributed by atoms with van der Waals surface area (Å²) >= 11 is 5.90. The molecule has 1 aliphatic rings. The Morgan fingerprint density at radius 2 is 2.14 bits per heavy atom. The zero-order valence-corrected chi connectivity index (χ0v) is 12.9. The van der Waals surface area contributed by atoms with Crippen LogP contribution in [0.2, 0.25) is 5.02 Å². The molecule has 0 aromatic heterocycles. The van der Waals surface area contributed by atoms with Gasteiger partial charge in [0.1, 0.15) is 31.4 Å². The molecular weight excluding hydrogens is 290 g/mol. The van der Waals surface area contributed by atoms with Crippen LogP contribution in [0.25, 0.3) is 0 Å². The van der Waals surface area contributed by atoms with E-state index in [9.17, 15) is 4.79 Å². The normalized spacial score (nSPS) is 25.1. The summed E-state index contributed by atoms with van der Waals surface area (Å²) in [6.45, 7) is 5.99. The summed E-state index contributed by atoms with van der Waals surface area (Å²) < 4.78 is 5.66. The maximum atomic E-state index is 12.1. The van der Waals surface area contributed by atoms with Gasteiger partial charge in [0, 0.05) is 5.02 Å². The van der Waals surface area contributed by atoms with E-state index in [1.54, 1.807) is 18.2 Å². The van der Waals surface area contributed by atoms with Crippen LogP contribution in [0.15, 0.2) is 18.2 Å². The van der Waals surface area contributed by atoms with E-state index >= 15 is 0 Å². The van der Waals surface area contributed by atoms with E-state index in [4.69, 9.17) is 21.6 Å². The van der Waals surface area contributed by atoms with Crippen LogP contribution in [-0.2, 0) is 9.53 Å². The van der Waals surface area contributed by atoms with Gasteiger partial charge in [-0.15, -0.1) is 0 Å². The number of anilines is 1. The van der Waals surface area contributed by atoms with Crippen molar-refractivity contribution >= 4 is 23.2 Å². The predicted molar refractivity (Wildman–Crippen MR) is 80.4 cm³/mol. The second-order valence-corrected chi connectivity index (χ2v) is 5.88. The van der Waals surface area contributed by atoms with Gasteiger partial charge >= 0.3 is 0 Å². The zero-order valence-electron chi connectivity index (χ0n) is 12.1. The lowest BCUT2D eigenvalue weighted by Crippen LogP contribution is -3.16. The summed E-state index contributed by atoms with van der Waals surface area (Å²) in [5.74, 6) is -0.120. The molecule has 2 rings (SSSR count). The van der Waals surface area contributed by atoms with E-state index in [-0.39, 0.29) is 18.1 Å². The first-order chi connectivity index (χ1) is 9.97. The Kier molecular flexibility index (Phi) is 5.18. The third-order valence-corrected chi connectivity index (χ3v) is 3.64. The number of nitrogens with zero attached hydrogens (tertiary/aromatic N) is 1. The standard InChI is InChI=1S/C15H18ClN3O2/c1-10-7-19(8-11(2)21-10)9-15(20)18-14-5-13(16)4-3-12(14)6-17/h3-5,10-11H,7-9H2,1-2H3,(H,18,20)/p+1/t10-,11+. The average molecular weight is 309 g/mol. The first-order valence-corrected chi connectivity index (χ1v) is 7.34. The fraction of sp³-hybridized carbons (Fsp3) is 0.467. The molecule has 1 fully saturated rings. The SMILES string of the molecule is C[C@@H]1C[NH+](CC(=O)Nc2cc(Cl)ccc2C#N)C[C@H](C)O1. The molecule has 2 N–H and O–H groups in total. The third kappa shape index (κ3) is 4.43. The van der Waals surface area contributed by atoms with Crippen molar-refractivity contribution in [3.8, 4) is 6.07 Å². The Bertz CT molecular complexity index is 561. The Morgan fingerprint density at radius 1 is 1.48 bits per heavy atom. The molecule has 6 heteroatoms. The van der Waals surface area contributed by atoms with E-state index in [0.717, 1.165) is 13.1 Å². The number of amides is 1. The molecule has 1 aliphatic heterocycles. The summed E-state index contributed by atoms with van der Waals surface area (Å²) in [6.07, 6.45) is 0.301. The van der Waals surface area contributed by atoms with Crippen LogP contribution in [-0.4, -0.2) is 37.7 Å². The van der Waals surface area contributed by atoms with Crippen molar-refractivity contribution in [2.24, 2.45) is 0 Å². The third-order valence-electron chi connectivity index (χ3n) is 3.40. The van der Waals surface area contributed by atoms with Crippen LogP contribution >= 0.6 is 11.6 Å². The first kappa shape index (κ1) is 15.8. The van der Waals surface area contributed by atoms with Gasteiger partial charge in [0.05, 0.1) is 11.3 Å². The maximum absolute atomic E-state index is 12.1. The first-order valence-electron chi connectivity index (χ1n) is 6.96. The van der Waals surface area contributed by atoms with Gasteiger partial charge in [0.15, 0.2) is 6.54 Å². The van der Waals surface area contributed by atoms with E-state index in [1.165, 1.54) is 4.90 Å².